The summed E-state index contributed by atoms with van der Waals surface area (Å²) in [4.78, 5) is 37.4. The number of carbonyl (C=O) groups is 3. The summed E-state index contributed by atoms with van der Waals surface area (Å²) in [6.45, 7) is 4.45. The summed E-state index contributed by atoms with van der Waals surface area (Å²) in [6.07, 6.45) is 91.3. The summed E-state index contributed by atoms with van der Waals surface area (Å²) in [5, 5.41) is 11.8. The maximum absolute atomic E-state index is 12.9. The van der Waals surface area contributed by atoms with Gasteiger partial charge in [0.15, 0.2) is 12.4 Å². The molecular weight excluding hydrogens is 1030 g/mol. The van der Waals surface area contributed by atoms with E-state index in [1.54, 1.807) is 0 Å². The fourth-order valence-corrected chi connectivity index (χ4v) is 8.08. The van der Waals surface area contributed by atoms with Crippen LogP contribution in [-0.4, -0.2) is 82.3 Å². The van der Waals surface area contributed by atoms with Crippen molar-refractivity contribution in [3.8, 4) is 0 Å². The van der Waals surface area contributed by atoms with Crippen LogP contribution in [0.25, 0.3) is 0 Å². The Morgan fingerprint density at radius 1 is 0.361 bits per heavy atom. The van der Waals surface area contributed by atoms with Crippen molar-refractivity contribution in [1.29, 1.82) is 0 Å². The van der Waals surface area contributed by atoms with Gasteiger partial charge < -0.3 is 33.3 Å². The van der Waals surface area contributed by atoms with Crippen molar-refractivity contribution in [1.82, 2.24) is 0 Å². The summed E-state index contributed by atoms with van der Waals surface area (Å²) in [7, 11) is 5.90. The third-order valence-electron chi connectivity index (χ3n) is 13.0. The van der Waals surface area contributed by atoms with Gasteiger partial charge in [-0.2, -0.15) is 0 Å². The van der Waals surface area contributed by atoms with Crippen LogP contribution >= 0.6 is 0 Å². The van der Waals surface area contributed by atoms with Gasteiger partial charge in [0, 0.05) is 12.8 Å². The monoisotopic (exact) mass is 1150 g/mol. The van der Waals surface area contributed by atoms with Gasteiger partial charge in [0.05, 0.1) is 40.3 Å². The zero-order valence-corrected chi connectivity index (χ0v) is 53.0. The molecule has 2 atom stereocenters. The SMILES string of the molecule is CC/C=C\C/C=C\C/C=C\C/C=C\C/C=C\C/C=C\C/C=C\C/C=C\C/C=C\C/C=C\CCCCC(=O)OC(COC(=O)CCCCCCCCCCCCCC/C=C\C/C=C\C/C=C\C/C=C\CC)COC(OCC[N+](C)(C)C)C(=O)[O-]. The van der Waals surface area contributed by atoms with Crippen LogP contribution < -0.4 is 5.11 Å². The number of aliphatic carboxylic acids is 1. The van der Waals surface area contributed by atoms with Crippen LogP contribution in [0.5, 0.6) is 0 Å². The summed E-state index contributed by atoms with van der Waals surface area (Å²) >= 11 is 0. The second-order valence-electron chi connectivity index (χ2n) is 21.9. The third kappa shape index (κ3) is 64.1. The van der Waals surface area contributed by atoms with Crippen LogP contribution in [0.2, 0.25) is 0 Å². The molecule has 0 aromatic rings. The summed E-state index contributed by atoms with van der Waals surface area (Å²) in [5.41, 5.74) is 0. The number of allylic oxidation sites excluding steroid dienone is 28. The molecule has 83 heavy (non-hydrogen) atoms. The van der Waals surface area contributed by atoms with Crippen LogP contribution in [0.1, 0.15) is 219 Å². The Morgan fingerprint density at radius 2 is 0.651 bits per heavy atom. The second-order valence-corrected chi connectivity index (χ2v) is 21.9. The zero-order valence-electron chi connectivity index (χ0n) is 53.0. The Morgan fingerprint density at radius 3 is 0.988 bits per heavy atom. The zero-order chi connectivity index (χ0) is 60.5. The van der Waals surface area contributed by atoms with E-state index in [0.717, 1.165) is 128 Å². The Bertz CT molecular complexity index is 1960. The van der Waals surface area contributed by atoms with E-state index in [1.165, 1.54) is 57.8 Å². The smallest absolute Gasteiger partial charge is 0.306 e. The number of carboxylic acids is 1. The molecule has 0 N–H and O–H groups in total. The van der Waals surface area contributed by atoms with Crippen molar-refractivity contribution in [2.24, 2.45) is 0 Å². The van der Waals surface area contributed by atoms with Crippen molar-refractivity contribution >= 4 is 17.9 Å². The first-order chi connectivity index (χ1) is 40.6. The molecular formula is C74H117NO8. The average Bonchev–Trinajstić information content (AvgIpc) is 3.46. The van der Waals surface area contributed by atoms with Crippen molar-refractivity contribution in [2.45, 2.75) is 232 Å². The predicted octanol–water partition coefficient (Wildman–Crippen LogP) is 18.6. The fourth-order valence-electron chi connectivity index (χ4n) is 8.08. The number of esters is 2. The number of hydrogen-bond donors (Lipinski definition) is 0. The number of ether oxygens (including phenoxy) is 4. The maximum Gasteiger partial charge on any atom is 0.306 e. The van der Waals surface area contributed by atoms with Crippen molar-refractivity contribution in [3.63, 3.8) is 0 Å². The highest BCUT2D eigenvalue weighted by Crippen LogP contribution is 2.15. The molecule has 0 heterocycles. The van der Waals surface area contributed by atoms with E-state index in [2.05, 4.69) is 184 Å². The molecule has 9 heteroatoms. The number of rotatable bonds is 57. The number of carbonyl (C=O) groups excluding carboxylic acids is 3. The molecule has 0 saturated carbocycles. The highest BCUT2D eigenvalue weighted by Gasteiger charge is 2.22. The first-order valence-electron chi connectivity index (χ1n) is 32.3. The molecule has 0 fully saturated rings. The Balaban J connectivity index is 4.33. The van der Waals surface area contributed by atoms with E-state index < -0.39 is 24.3 Å². The van der Waals surface area contributed by atoms with Crippen LogP contribution in [0.15, 0.2) is 170 Å². The van der Waals surface area contributed by atoms with E-state index in [1.807, 2.05) is 21.1 Å². The lowest BCUT2D eigenvalue weighted by Crippen LogP contribution is -2.44. The van der Waals surface area contributed by atoms with E-state index in [0.29, 0.717) is 17.4 Å². The standard InChI is InChI=1S/C74H117NO8/c1-6-8-10-12-14-16-18-20-22-24-26-28-30-32-33-34-35-36-37-38-39-41-43-45-47-49-51-53-55-57-59-61-63-65-72(77)83-70(69-82-74(73(78)79)80-67-66-75(3,4)5)68-81-71(76)64-62-60-58-56-54-52-50-48-46-44-42-40-31-29-27-25-23-21-19-17-15-13-11-9-7-2/h8-11,14-17,20-23,26-29,32-33,35-36,38-39,43,45,49,51,55,57,70,74H,6-7,12-13,18-19,24-25,30-31,34,37,40-42,44,46-48,50,52-54,56,58-69H2,1-5H3/b10-8-,11-9-,16-14-,17-15-,22-20-,23-21-,28-26-,29-27-,33-32-,36-35-,39-38-,45-43-,51-49-,57-55-. The number of quaternary nitrogens is 1. The Labute approximate surface area is 507 Å². The maximum atomic E-state index is 12.9. The number of carboxylic acid groups (broad SMARTS) is 1. The van der Waals surface area contributed by atoms with Crippen LogP contribution in [0.3, 0.4) is 0 Å². The summed E-state index contributed by atoms with van der Waals surface area (Å²) in [5.74, 6) is -2.37. The lowest BCUT2D eigenvalue weighted by atomic mass is 10.0. The molecule has 0 spiro atoms. The van der Waals surface area contributed by atoms with E-state index >= 15 is 0 Å². The van der Waals surface area contributed by atoms with Crippen molar-refractivity contribution in [3.05, 3.63) is 170 Å². The number of nitrogens with zero attached hydrogens (tertiary/aromatic N) is 1. The summed E-state index contributed by atoms with van der Waals surface area (Å²) in [6, 6.07) is 0. The topological polar surface area (TPSA) is 111 Å². The third-order valence-corrected chi connectivity index (χ3v) is 13.0. The van der Waals surface area contributed by atoms with Crippen LogP contribution in [-0.2, 0) is 33.3 Å². The quantitative estimate of drug-likeness (QED) is 0.0195. The average molecular weight is 1150 g/mol. The minimum atomic E-state index is -1.65. The molecule has 0 bridgehead atoms. The van der Waals surface area contributed by atoms with E-state index in [4.69, 9.17) is 18.9 Å². The highest BCUT2D eigenvalue weighted by molar-refractivity contribution is 5.70. The predicted molar refractivity (Wildman–Crippen MR) is 351 cm³/mol. The molecule has 0 aliphatic heterocycles. The molecule has 0 aromatic heterocycles. The minimum Gasteiger partial charge on any atom is -0.545 e. The van der Waals surface area contributed by atoms with E-state index in [-0.39, 0.29) is 38.6 Å². The molecule has 0 aliphatic carbocycles. The first kappa shape index (κ1) is 77.7. The van der Waals surface area contributed by atoms with Gasteiger partial charge in [-0.05, 0) is 128 Å². The molecule has 9 nitrogen and oxygen atoms in total. The van der Waals surface area contributed by atoms with Gasteiger partial charge in [0.25, 0.3) is 0 Å². The largest absolute Gasteiger partial charge is 0.545 e. The molecule has 466 valence electrons. The Kier molecular flexibility index (Phi) is 58.6. The molecule has 0 aliphatic rings. The molecule has 2 unspecified atom stereocenters. The van der Waals surface area contributed by atoms with Gasteiger partial charge in [0.2, 0.25) is 0 Å². The minimum absolute atomic E-state index is 0.129. The van der Waals surface area contributed by atoms with Gasteiger partial charge in [-0.3, -0.25) is 9.59 Å². The van der Waals surface area contributed by atoms with Gasteiger partial charge in [-0.25, -0.2) is 0 Å². The van der Waals surface area contributed by atoms with Gasteiger partial charge in [-0.1, -0.05) is 248 Å². The van der Waals surface area contributed by atoms with Crippen molar-refractivity contribution in [2.75, 3.05) is 47.5 Å². The molecule has 0 amide bonds. The lowest BCUT2D eigenvalue weighted by molar-refractivity contribution is -0.870. The van der Waals surface area contributed by atoms with Gasteiger partial charge in [0.1, 0.15) is 13.2 Å². The Hall–Kier alpha value is -5.35. The van der Waals surface area contributed by atoms with Crippen LogP contribution in [0, 0.1) is 0 Å². The number of unbranched alkanes of at least 4 members (excludes halogenated alkanes) is 14. The van der Waals surface area contributed by atoms with Gasteiger partial charge >= 0.3 is 11.9 Å². The molecule has 0 aromatic carbocycles. The van der Waals surface area contributed by atoms with Crippen molar-refractivity contribution < 1.29 is 42.9 Å². The van der Waals surface area contributed by atoms with E-state index in [9.17, 15) is 19.5 Å². The first-order valence-corrected chi connectivity index (χ1v) is 32.3. The number of hydrogen-bond acceptors (Lipinski definition) is 8. The summed E-state index contributed by atoms with van der Waals surface area (Å²) < 4.78 is 22.7. The molecule has 0 radical (unpaired) electrons. The lowest BCUT2D eigenvalue weighted by Gasteiger charge is -2.26. The molecule has 0 saturated heterocycles. The normalized spacial score (nSPS) is 13.9. The van der Waals surface area contributed by atoms with Gasteiger partial charge in [-0.15, -0.1) is 0 Å². The second kappa shape index (κ2) is 62.7. The van der Waals surface area contributed by atoms with Crippen LogP contribution in [0.4, 0.5) is 0 Å². The fraction of sp³-hybridized carbons (Fsp3) is 0.581. The number of likely N-dealkylation sites (N-methyl/N-ethyl adjacent to an activating group) is 1. The molecule has 0 rings (SSSR count). The highest BCUT2D eigenvalue weighted by atomic mass is 16.7.